The Balaban J connectivity index is 1.77. The number of benzene rings is 1. The van der Waals surface area contributed by atoms with Crippen LogP contribution in [0.25, 0.3) is 0 Å². The molecule has 1 aromatic carbocycles. The smallest absolute Gasteiger partial charge is 0.335 e. The Bertz CT molecular complexity index is 717. The standard InChI is InChI=1S/C16H18FN3O3/c1-10-15(11(2)23-18-10)20-7-5-19(6-8-20)14-9-12(16(21)22)3-4-13(14)17/h3-4,9H,5-8H2,1-2H3,(H,21,22). The summed E-state index contributed by atoms with van der Waals surface area (Å²) in [5.41, 5.74) is 2.26. The minimum Gasteiger partial charge on any atom is -0.478 e. The Hall–Kier alpha value is -2.57. The molecule has 23 heavy (non-hydrogen) atoms. The predicted octanol–water partition coefficient (Wildman–Crippen LogP) is 2.46. The average molecular weight is 319 g/mol. The van der Waals surface area contributed by atoms with E-state index >= 15 is 0 Å². The Kier molecular flexibility index (Phi) is 3.94. The molecule has 0 radical (unpaired) electrons. The maximum absolute atomic E-state index is 14.0. The maximum atomic E-state index is 14.0. The van der Waals surface area contributed by atoms with E-state index in [0.717, 1.165) is 17.1 Å². The lowest BCUT2D eigenvalue weighted by Gasteiger charge is -2.37. The molecule has 1 fully saturated rings. The van der Waals surface area contributed by atoms with Crippen LogP contribution in [-0.4, -0.2) is 42.4 Å². The van der Waals surface area contributed by atoms with E-state index in [1.54, 1.807) is 0 Å². The van der Waals surface area contributed by atoms with Crippen molar-refractivity contribution in [2.75, 3.05) is 36.0 Å². The Labute approximate surface area is 133 Å². The van der Waals surface area contributed by atoms with Gasteiger partial charge in [0, 0.05) is 26.2 Å². The number of halogens is 1. The molecule has 1 aliphatic rings. The summed E-state index contributed by atoms with van der Waals surface area (Å²) in [5.74, 6) is -0.684. The zero-order valence-corrected chi connectivity index (χ0v) is 13.0. The van der Waals surface area contributed by atoms with Crippen LogP contribution < -0.4 is 9.80 Å². The quantitative estimate of drug-likeness (QED) is 0.937. The van der Waals surface area contributed by atoms with E-state index in [9.17, 15) is 9.18 Å². The second-order valence-electron chi connectivity index (χ2n) is 5.62. The molecule has 2 heterocycles. The summed E-state index contributed by atoms with van der Waals surface area (Å²) >= 11 is 0. The third-order valence-corrected chi connectivity index (χ3v) is 4.13. The third kappa shape index (κ3) is 2.86. The number of aromatic carboxylic acids is 1. The monoisotopic (exact) mass is 319 g/mol. The number of carboxylic acids is 1. The van der Waals surface area contributed by atoms with E-state index in [4.69, 9.17) is 9.63 Å². The molecule has 0 bridgehead atoms. The summed E-state index contributed by atoms with van der Waals surface area (Å²) in [4.78, 5) is 15.1. The normalized spacial score (nSPS) is 15.1. The fraction of sp³-hybridized carbons (Fsp3) is 0.375. The summed E-state index contributed by atoms with van der Waals surface area (Å²) in [5, 5.41) is 13.0. The van der Waals surface area contributed by atoms with Crippen molar-refractivity contribution in [3.05, 3.63) is 41.0 Å². The molecule has 3 rings (SSSR count). The summed E-state index contributed by atoms with van der Waals surface area (Å²) in [6.45, 7) is 6.36. The van der Waals surface area contributed by atoms with Crippen molar-refractivity contribution in [2.24, 2.45) is 0 Å². The lowest BCUT2D eigenvalue weighted by Crippen LogP contribution is -2.47. The summed E-state index contributed by atoms with van der Waals surface area (Å²) < 4.78 is 19.2. The lowest BCUT2D eigenvalue weighted by molar-refractivity contribution is 0.0697. The fourth-order valence-corrected chi connectivity index (χ4v) is 2.99. The minimum absolute atomic E-state index is 0.0922. The number of rotatable bonds is 3. The minimum atomic E-state index is -1.05. The first-order chi connectivity index (χ1) is 11.0. The number of aryl methyl sites for hydroxylation is 2. The van der Waals surface area contributed by atoms with Crippen LogP contribution in [0.15, 0.2) is 22.7 Å². The molecule has 1 N–H and O–H groups in total. The van der Waals surface area contributed by atoms with Crippen molar-refractivity contribution in [1.29, 1.82) is 0 Å². The number of nitrogens with zero attached hydrogens (tertiary/aromatic N) is 3. The van der Waals surface area contributed by atoms with Crippen LogP contribution in [0.1, 0.15) is 21.8 Å². The van der Waals surface area contributed by atoms with Gasteiger partial charge in [-0.1, -0.05) is 5.16 Å². The predicted molar refractivity (Wildman–Crippen MR) is 83.8 cm³/mol. The molecule has 2 aromatic rings. The Morgan fingerprint density at radius 2 is 1.87 bits per heavy atom. The van der Waals surface area contributed by atoms with Crippen molar-refractivity contribution in [3.8, 4) is 0 Å². The highest BCUT2D eigenvalue weighted by Gasteiger charge is 2.24. The van der Waals surface area contributed by atoms with Gasteiger partial charge < -0.3 is 19.4 Å². The van der Waals surface area contributed by atoms with Gasteiger partial charge in [-0.05, 0) is 32.0 Å². The summed E-state index contributed by atoms with van der Waals surface area (Å²) in [7, 11) is 0. The third-order valence-electron chi connectivity index (χ3n) is 4.13. The molecule has 0 amide bonds. The van der Waals surface area contributed by atoms with E-state index in [-0.39, 0.29) is 5.56 Å². The zero-order valence-electron chi connectivity index (χ0n) is 13.0. The number of aromatic nitrogens is 1. The second-order valence-corrected chi connectivity index (χ2v) is 5.62. The SMILES string of the molecule is Cc1noc(C)c1N1CCN(c2cc(C(=O)O)ccc2F)CC1. The van der Waals surface area contributed by atoms with Crippen LogP contribution in [0.2, 0.25) is 0 Å². The van der Waals surface area contributed by atoms with E-state index in [2.05, 4.69) is 10.1 Å². The van der Waals surface area contributed by atoms with Crippen LogP contribution in [0.5, 0.6) is 0 Å². The van der Waals surface area contributed by atoms with Gasteiger partial charge in [0.05, 0.1) is 11.3 Å². The molecule has 7 heteroatoms. The van der Waals surface area contributed by atoms with E-state index < -0.39 is 11.8 Å². The van der Waals surface area contributed by atoms with Gasteiger partial charge in [-0.25, -0.2) is 9.18 Å². The molecular weight excluding hydrogens is 301 g/mol. The van der Waals surface area contributed by atoms with Crippen LogP contribution in [0.4, 0.5) is 15.8 Å². The molecule has 1 aromatic heterocycles. The number of hydrogen-bond donors (Lipinski definition) is 1. The molecule has 0 unspecified atom stereocenters. The first-order valence-corrected chi connectivity index (χ1v) is 7.43. The topological polar surface area (TPSA) is 69.8 Å². The van der Waals surface area contributed by atoms with Crippen LogP contribution in [-0.2, 0) is 0 Å². The van der Waals surface area contributed by atoms with Crippen molar-refractivity contribution in [3.63, 3.8) is 0 Å². The number of carboxylic acid groups (broad SMARTS) is 1. The summed E-state index contributed by atoms with van der Waals surface area (Å²) in [6.07, 6.45) is 0. The zero-order chi connectivity index (χ0) is 16.6. The molecule has 0 aliphatic carbocycles. The van der Waals surface area contributed by atoms with Crippen molar-refractivity contribution >= 4 is 17.3 Å². The average Bonchev–Trinajstić information content (AvgIpc) is 2.87. The highest BCUT2D eigenvalue weighted by molar-refractivity contribution is 5.89. The molecule has 6 nitrogen and oxygen atoms in total. The highest BCUT2D eigenvalue weighted by atomic mass is 19.1. The van der Waals surface area contributed by atoms with Gasteiger partial charge in [-0.2, -0.15) is 0 Å². The van der Waals surface area contributed by atoms with Gasteiger partial charge in [-0.3, -0.25) is 0 Å². The van der Waals surface area contributed by atoms with Gasteiger partial charge in [0.25, 0.3) is 0 Å². The number of piperazine rings is 1. The molecular formula is C16H18FN3O3. The molecule has 0 spiro atoms. The molecule has 122 valence electrons. The van der Waals surface area contributed by atoms with Crippen molar-refractivity contribution in [1.82, 2.24) is 5.16 Å². The summed E-state index contributed by atoms with van der Waals surface area (Å²) in [6, 6.07) is 3.88. The van der Waals surface area contributed by atoms with Crippen LogP contribution >= 0.6 is 0 Å². The van der Waals surface area contributed by atoms with Crippen LogP contribution in [0.3, 0.4) is 0 Å². The largest absolute Gasteiger partial charge is 0.478 e. The van der Waals surface area contributed by atoms with Gasteiger partial charge in [0.1, 0.15) is 17.2 Å². The van der Waals surface area contributed by atoms with E-state index in [0.29, 0.717) is 31.9 Å². The first kappa shape index (κ1) is 15.3. The van der Waals surface area contributed by atoms with E-state index in [1.807, 2.05) is 18.7 Å². The van der Waals surface area contributed by atoms with Gasteiger partial charge >= 0.3 is 5.97 Å². The fourth-order valence-electron chi connectivity index (χ4n) is 2.99. The number of carbonyl (C=O) groups is 1. The van der Waals surface area contributed by atoms with Gasteiger partial charge in [0.2, 0.25) is 0 Å². The number of hydrogen-bond acceptors (Lipinski definition) is 5. The highest BCUT2D eigenvalue weighted by Crippen LogP contribution is 2.28. The maximum Gasteiger partial charge on any atom is 0.335 e. The van der Waals surface area contributed by atoms with Crippen molar-refractivity contribution in [2.45, 2.75) is 13.8 Å². The Morgan fingerprint density at radius 3 is 2.43 bits per heavy atom. The molecule has 0 saturated carbocycles. The lowest BCUT2D eigenvalue weighted by atomic mass is 10.1. The number of anilines is 2. The second kappa shape index (κ2) is 5.91. The van der Waals surface area contributed by atoms with Crippen molar-refractivity contribution < 1.29 is 18.8 Å². The van der Waals surface area contributed by atoms with Gasteiger partial charge in [-0.15, -0.1) is 0 Å². The van der Waals surface area contributed by atoms with Crippen LogP contribution in [0, 0.1) is 19.7 Å². The van der Waals surface area contributed by atoms with E-state index in [1.165, 1.54) is 18.2 Å². The Morgan fingerprint density at radius 1 is 1.22 bits per heavy atom. The van der Waals surface area contributed by atoms with Gasteiger partial charge in [0.15, 0.2) is 5.76 Å². The first-order valence-electron chi connectivity index (χ1n) is 7.43. The molecule has 1 saturated heterocycles. The molecule has 1 aliphatic heterocycles. The molecule has 0 atom stereocenters.